The summed E-state index contributed by atoms with van der Waals surface area (Å²) in [6.07, 6.45) is 2.74. The smallest absolute Gasteiger partial charge is 0.220 e. The van der Waals surface area contributed by atoms with Crippen molar-refractivity contribution in [1.82, 2.24) is 15.3 Å². The molecule has 0 saturated carbocycles. The number of aromatic nitrogens is 2. The molecule has 0 bridgehead atoms. The van der Waals surface area contributed by atoms with Gasteiger partial charge >= 0.3 is 0 Å². The van der Waals surface area contributed by atoms with Gasteiger partial charge in [-0.1, -0.05) is 0 Å². The van der Waals surface area contributed by atoms with Crippen LogP contribution in [0.2, 0.25) is 0 Å². The Bertz CT molecular complexity index is 328. The first-order valence-electron chi connectivity index (χ1n) is 5.21. The number of hydrogen-bond acceptors (Lipinski definition) is 4. The van der Waals surface area contributed by atoms with Crippen LogP contribution in [0.4, 0.5) is 5.95 Å². The first kappa shape index (κ1) is 11.9. The number of nitrogens with one attached hydrogen (secondary N) is 1. The van der Waals surface area contributed by atoms with E-state index in [4.69, 9.17) is 5.73 Å². The highest BCUT2D eigenvalue weighted by Crippen LogP contribution is 2.06. The molecule has 4 nitrogen and oxygen atoms in total. The molecule has 0 amide bonds. The van der Waals surface area contributed by atoms with E-state index in [1.54, 1.807) is 0 Å². The number of nitrogens with two attached hydrogens (primary N) is 1. The topological polar surface area (TPSA) is 63.8 Å². The fourth-order valence-corrected chi connectivity index (χ4v) is 1.33. The van der Waals surface area contributed by atoms with Crippen molar-refractivity contribution < 1.29 is 0 Å². The summed E-state index contributed by atoms with van der Waals surface area (Å²) in [5.74, 6) is 0.347. The van der Waals surface area contributed by atoms with E-state index in [9.17, 15) is 0 Å². The third-order valence-electron chi connectivity index (χ3n) is 2.15. The molecule has 0 aliphatic carbocycles. The minimum Gasteiger partial charge on any atom is -0.368 e. The second-order valence-electron chi connectivity index (χ2n) is 4.77. The fraction of sp³-hybridized carbons (Fsp3) is 0.636. The lowest BCUT2D eigenvalue weighted by Crippen LogP contribution is -2.37. The van der Waals surface area contributed by atoms with Crippen LogP contribution in [-0.4, -0.2) is 22.1 Å². The molecule has 0 aliphatic heterocycles. The van der Waals surface area contributed by atoms with Crippen molar-refractivity contribution in [2.45, 2.75) is 39.7 Å². The van der Waals surface area contributed by atoms with Crippen LogP contribution in [-0.2, 0) is 6.42 Å². The Balaban J connectivity index is 2.51. The van der Waals surface area contributed by atoms with E-state index in [1.165, 1.54) is 0 Å². The zero-order valence-electron chi connectivity index (χ0n) is 9.96. The first-order valence-corrected chi connectivity index (χ1v) is 5.21. The molecule has 3 N–H and O–H groups in total. The summed E-state index contributed by atoms with van der Waals surface area (Å²) in [5.41, 5.74) is 7.77. The molecule has 0 atom stereocenters. The van der Waals surface area contributed by atoms with Gasteiger partial charge in [0.1, 0.15) is 0 Å². The molecule has 1 aromatic heterocycles. The minimum absolute atomic E-state index is 0.155. The highest BCUT2D eigenvalue weighted by atomic mass is 15.0. The fourth-order valence-electron chi connectivity index (χ4n) is 1.33. The van der Waals surface area contributed by atoms with Crippen LogP contribution in [0.25, 0.3) is 0 Å². The van der Waals surface area contributed by atoms with Crippen molar-refractivity contribution in [3.05, 3.63) is 17.5 Å². The summed E-state index contributed by atoms with van der Waals surface area (Å²) >= 11 is 0. The van der Waals surface area contributed by atoms with E-state index < -0.39 is 0 Å². The Morgan fingerprint density at radius 2 is 2.07 bits per heavy atom. The molecule has 0 radical (unpaired) electrons. The predicted molar refractivity (Wildman–Crippen MR) is 62.6 cm³/mol. The maximum atomic E-state index is 5.49. The number of nitrogen functional groups attached to an aromatic ring is 1. The minimum atomic E-state index is 0.155. The third-order valence-corrected chi connectivity index (χ3v) is 2.15. The van der Waals surface area contributed by atoms with Crippen molar-refractivity contribution >= 4 is 5.95 Å². The van der Waals surface area contributed by atoms with Gasteiger partial charge in [0, 0.05) is 17.4 Å². The quantitative estimate of drug-likeness (QED) is 0.786. The lowest BCUT2D eigenvalue weighted by Gasteiger charge is -2.20. The summed E-state index contributed by atoms with van der Waals surface area (Å²) in [5, 5.41) is 3.43. The van der Waals surface area contributed by atoms with Crippen LogP contribution in [0, 0.1) is 6.92 Å². The van der Waals surface area contributed by atoms with Crippen molar-refractivity contribution in [2.24, 2.45) is 0 Å². The van der Waals surface area contributed by atoms with Gasteiger partial charge in [-0.25, -0.2) is 9.97 Å². The zero-order valence-corrected chi connectivity index (χ0v) is 9.96. The highest BCUT2D eigenvalue weighted by molar-refractivity contribution is 5.24. The van der Waals surface area contributed by atoms with Gasteiger partial charge in [0.2, 0.25) is 5.95 Å². The Morgan fingerprint density at radius 1 is 1.40 bits per heavy atom. The Morgan fingerprint density at radius 3 is 2.60 bits per heavy atom. The number of aryl methyl sites for hydroxylation is 1. The monoisotopic (exact) mass is 208 g/mol. The average Bonchev–Trinajstić information content (AvgIpc) is 2.07. The summed E-state index contributed by atoms with van der Waals surface area (Å²) in [7, 11) is 0. The SMILES string of the molecule is Cc1nc(N)ncc1CCNC(C)(C)C. The Labute approximate surface area is 91.3 Å². The lowest BCUT2D eigenvalue weighted by molar-refractivity contribution is 0.429. The standard InChI is InChI=1S/C11H20N4/c1-8-9(7-13-10(12)15-8)5-6-14-11(2,3)4/h7,14H,5-6H2,1-4H3,(H2,12,13,15). The van der Waals surface area contributed by atoms with Gasteiger partial charge < -0.3 is 11.1 Å². The van der Waals surface area contributed by atoms with Crippen molar-refractivity contribution in [1.29, 1.82) is 0 Å². The Kier molecular flexibility index (Phi) is 3.63. The van der Waals surface area contributed by atoms with E-state index in [0.717, 1.165) is 24.2 Å². The van der Waals surface area contributed by atoms with E-state index in [1.807, 2.05) is 13.1 Å². The largest absolute Gasteiger partial charge is 0.368 e. The molecule has 0 spiro atoms. The van der Waals surface area contributed by atoms with Crippen LogP contribution < -0.4 is 11.1 Å². The van der Waals surface area contributed by atoms with Crippen LogP contribution in [0.1, 0.15) is 32.0 Å². The number of hydrogen-bond donors (Lipinski definition) is 2. The van der Waals surface area contributed by atoms with E-state index in [0.29, 0.717) is 5.95 Å². The van der Waals surface area contributed by atoms with Gasteiger partial charge in [0.15, 0.2) is 0 Å². The number of anilines is 1. The summed E-state index contributed by atoms with van der Waals surface area (Å²) in [6.45, 7) is 9.35. The first-order chi connectivity index (χ1) is 6.88. The molecule has 0 fully saturated rings. The molecule has 0 aromatic carbocycles. The van der Waals surface area contributed by atoms with Crippen LogP contribution in [0.15, 0.2) is 6.20 Å². The second kappa shape index (κ2) is 4.57. The summed E-state index contributed by atoms with van der Waals surface area (Å²) in [4.78, 5) is 8.12. The van der Waals surface area contributed by atoms with Crippen LogP contribution in [0.3, 0.4) is 0 Å². The maximum Gasteiger partial charge on any atom is 0.220 e. The average molecular weight is 208 g/mol. The molecule has 1 rings (SSSR count). The number of nitrogens with zero attached hydrogens (tertiary/aromatic N) is 2. The second-order valence-corrected chi connectivity index (χ2v) is 4.77. The molecule has 0 unspecified atom stereocenters. The van der Waals surface area contributed by atoms with Gasteiger partial charge in [0.25, 0.3) is 0 Å². The Hall–Kier alpha value is -1.16. The molecule has 0 aliphatic rings. The van der Waals surface area contributed by atoms with E-state index >= 15 is 0 Å². The number of rotatable bonds is 3. The van der Waals surface area contributed by atoms with Gasteiger partial charge in [-0.05, 0) is 46.2 Å². The molecule has 84 valence electrons. The van der Waals surface area contributed by atoms with Gasteiger partial charge in [-0.2, -0.15) is 0 Å². The van der Waals surface area contributed by atoms with Crippen LogP contribution >= 0.6 is 0 Å². The highest BCUT2D eigenvalue weighted by Gasteiger charge is 2.08. The lowest BCUT2D eigenvalue weighted by atomic mass is 10.1. The summed E-state index contributed by atoms with van der Waals surface area (Å²) < 4.78 is 0. The zero-order chi connectivity index (χ0) is 11.5. The molecular weight excluding hydrogens is 188 g/mol. The maximum absolute atomic E-state index is 5.49. The molecular formula is C11H20N4. The van der Waals surface area contributed by atoms with Gasteiger partial charge in [0.05, 0.1) is 0 Å². The molecule has 1 aromatic rings. The molecule has 15 heavy (non-hydrogen) atoms. The normalized spacial score (nSPS) is 11.7. The van der Waals surface area contributed by atoms with Crippen molar-refractivity contribution in [3.8, 4) is 0 Å². The van der Waals surface area contributed by atoms with Gasteiger partial charge in [-0.15, -0.1) is 0 Å². The molecule has 1 heterocycles. The van der Waals surface area contributed by atoms with Crippen LogP contribution in [0.5, 0.6) is 0 Å². The van der Waals surface area contributed by atoms with Gasteiger partial charge in [-0.3, -0.25) is 0 Å². The molecule has 0 saturated heterocycles. The summed E-state index contributed by atoms with van der Waals surface area (Å²) in [6, 6.07) is 0. The van der Waals surface area contributed by atoms with Crippen molar-refractivity contribution in [3.63, 3.8) is 0 Å². The van der Waals surface area contributed by atoms with Crippen molar-refractivity contribution in [2.75, 3.05) is 12.3 Å². The van der Waals surface area contributed by atoms with E-state index in [-0.39, 0.29) is 5.54 Å². The van der Waals surface area contributed by atoms with E-state index in [2.05, 4.69) is 36.1 Å². The predicted octanol–water partition coefficient (Wildman–Crippen LogP) is 1.30. The third kappa shape index (κ3) is 4.25. The molecule has 4 heteroatoms.